The smallest absolute Gasteiger partial charge is 0.658 e. The molecule has 4 aliphatic heterocycles. The Morgan fingerprint density at radius 3 is 1.08 bits per heavy atom. The molecule has 2 aromatic rings. The number of hydrogen-bond donors (Lipinski definition) is 0. The third kappa shape index (κ3) is 13.5. The molecule has 8 atom stereocenters. The van der Waals surface area contributed by atoms with Gasteiger partial charge in [-0.1, -0.05) is 115 Å². The van der Waals surface area contributed by atoms with Gasteiger partial charge in [-0.2, -0.15) is 0 Å². The first-order valence-corrected chi connectivity index (χ1v) is 20.2. The van der Waals surface area contributed by atoms with E-state index in [4.69, 9.17) is 21.3 Å². The van der Waals surface area contributed by atoms with Crippen molar-refractivity contribution in [2.24, 2.45) is 23.7 Å². The van der Waals surface area contributed by atoms with Crippen molar-refractivity contribution >= 4 is 0 Å². The minimum absolute atomic E-state index is 0. The van der Waals surface area contributed by atoms with Crippen LogP contribution in [0.4, 0.5) is 0 Å². The van der Waals surface area contributed by atoms with Crippen LogP contribution in [0.2, 0.25) is 0 Å². The van der Waals surface area contributed by atoms with Crippen molar-refractivity contribution in [1.82, 2.24) is 19.8 Å². The summed E-state index contributed by atoms with van der Waals surface area (Å²) in [5.74, 6) is 2.78. The second-order valence-electron chi connectivity index (χ2n) is 16.3. The van der Waals surface area contributed by atoms with Gasteiger partial charge in [-0.25, -0.2) is 0 Å². The molecule has 0 radical (unpaired) electrons. The van der Waals surface area contributed by atoms with E-state index in [1.165, 1.54) is 73.9 Å². The number of aromatic nitrogens is 2. The number of pyridine rings is 2. The third-order valence-electron chi connectivity index (χ3n) is 12.1. The number of nitrogens with zero attached hydrogens (tertiary/aromatic N) is 8. The fraction of sp³-hybridized carbons (Fsp3) is 0.762. The zero-order chi connectivity index (χ0) is 35.3. The second kappa shape index (κ2) is 22.2. The van der Waals surface area contributed by atoms with E-state index in [2.05, 4.69) is 73.4 Å². The number of aryl methyl sites for hydroxylation is 2. The molecule has 280 valence electrons. The molecule has 0 spiro atoms. The Balaban J connectivity index is 0.000000224. The summed E-state index contributed by atoms with van der Waals surface area (Å²) in [6, 6.07) is 10.3. The number of hydrogen-bond acceptors (Lipinski definition) is 4. The van der Waals surface area contributed by atoms with Crippen LogP contribution in [0, 0.1) is 37.5 Å². The van der Waals surface area contributed by atoms with Crippen molar-refractivity contribution in [1.29, 1.82) is 0 Å². The van der Waals surface area contributed by atoms with Crippen LogP contribution in [0.1, 0.15) is 102 Å². The van der Waals surface area contributed by atoms with Gasteiger partial charge < -0.3 is 31.1 Å². The van der Waals surface area contributed by atoms with Gasteiger partial charge in [0.15, 0.2) is 0 Å². The molecule has 0 aliphatic carbocycles. The monoisotopic (exact) mass is 786 g/mol. The van der Waals surface area contributed by atoms with Gasteiger partial charge in [0.2, 0.25) is 0 Å². The topological polar surface area (TPSA) is 88.7 Å². The summed E-state index contributed by atoms with van der Waals surface area (Å²) < 4.78 is 0. The van der Waals surface area contributed by atoms with Crippen LogP contribution < -0.4 is 0 Å². The zero-order valence-electron chi connectivity index (χ0n) is 32.7. The molecular weight excluding hydrogens is 718 g/mol. The van der Waals surface area contributed by atoms with Crippen LogP contribution in [0.5, 0.6) is 0 Å². The Kier molecular flexibility index (Phi) is 18.4. The van der Waals surface area contributed by atoms with E-state index in [0.717, 1.165) is 65.4 Å². The van der Waals surface area contributed by atoms with Crippen LogP contribution in [-0.2, 0) is 32.6 Å². The normalized spacial score (nSPS) is 30.0. The van der Waals surface area contributed by atoms with E-state index in [1.54, 1.807) is 0 Å². The summed E-state index contributed by atoms with van der Waals surface area (Å²) in [6.45, 7) is 24.0. The summed E-state index contributed by atoms with van der Waals surface area (Å²) in [5.41, 5.74) is 4.98. The van der Waals surface area contributed by atoms with E-state index in [9.17, 15) is 0 Å². The zero-order valence-corrected chi connectivity index (χ0v) is 34.5. The molecule has 9 heteroatoms. The van der Waals surface area contributed by atoms with Gasteiger partial charge in [0.05, 0.1) is 11.4 Å². The predicted octanol–water partition coefficient (Wildman–Crippen LogP) is 9.07. The first-order valence-electron chi connectivity index (χ1n) is 20.2. The first-order chi connectivity index (χ1) is 24.3. The molecule has 0 amide bonds. The summed E-state index contributed by atoms with van der Waals surface area (Å²) in [5, 5.41) is 19.7. The molecule has 0 aromatic carbocycles. The van der Waals surface area contributed by atoms with Gasteiger partial charge in [-0.15, -0.1) is 50.3 Å². The Hall–Kier alpha value is -1.32. The van der Waals surface area contributed by atoms with Crippen LogP contribution >= 0.6 is 0 Å². The Morgan fingerprint density at radius 1 is 0.529 bits per heavy atom. The molecule has 8 nitrogen and oxygen atoms in total. The Labute approximate surface area is 324 Å². The molecule has 4 aliphatic rings. The maximum Gasteiger partial charge on any atom is 8.00 e. The van der Waals surface area contributed by atoms with Crippen LogP contribution in [0.25, 0.3) is 21.3 Å². The molecule has 6 rings (SSSR count). The molecule has 0 N–H and O–H groups in total. The van der Waals surface area contributed by atoms with Gasteiger partial charge in [0, 0.05) is 25.5 Å². The van der Waals surface area contributed by atoms with E-state index in [1.807, 2.05) is 24.5 Å². The van der Waals surface area contributed by atoms with Gasteiger partial charge in [0.25, 0.3) is 0 Å². The molecule has 0 bridgehead atoms. The average molecular weight is 786 g/mol. The minimum atomic E-state index is 0. The number of rotatable bonds is 12. The average Bonchev–Trinajstić information content (AvgIpc) is 3.11. The molecule has 6 heterocycles. The number of piperidine rings is 4. The SMILES string of the molecule is Cc1cccnc1CN(CC1[N-]CCCC1C)CC1[N-]CCCC1C.Cc1cccnc1CN(CC1[N-]CCCC1C)CC1[N-]CCCC1C.[Ru+8]. The predicted molar refractivity (Wildman–Crippen MR) is 210 cm³/mol. The van der Waals surface area contributed by atoms with E-state index < -0.39 is 0 Å². The maximum atomic E-state index is 4.93. The van der Waals surface area contributed by atoms with Crippen molar-refractivity contribution in [3.05, 3.63) is 80.4 Å². The minimum Gasteiger partial charge on any atom is -0.658 e. The Morgan fingerprint density at radius 2 is 0.824 bits per heavy atom. The van der Waals surface area contributed by atoms with Crippen molar-refractivity contribution in [3.63, 3.8) is 0 Å². The first kappa shape index (κ1) is 42.4. The standard InChI is InChI=1S/2C21H34N4.Ru/c2*1-16-7-4-10-22-19(16)13-25(14-20-17(2)8-5-11-23-20)15-21-18(3)9-6-12-24-21;/h2*4,7,10,17-18,20-21H,5-6,8-9,11-15H2,1-3H3;/q2*-2;+8. The molecule has 0 saturated carbocycles. The summed E-state index contributed by atoms with van der Waals surface area (Å²) in [4.78, 5) is 14.4. The molecule has 2 aromatic heterocycles. The maximum absolute atomic E-state index is 4.93. The van der Waals surface area contributed by atoms with E-state index >= 15 is 0 Å². The second-order valence-corrected chi connectivity index (χ2v) is 16.3. The molecule has 4 saturated heterocycles. The molecule has 4 fully saturated rings. The Bertz CT molecular complexity index is 1120. The van der Waals surface area contributed by atoms with E-state index in [0.29, 0.717) is 47.8 Å². The summed E-state index contributed by atoms with van der Waals surface area (Å²) in [7, 11) is 0. The molecule has 8 unspecified atom stereocenters. The van der Waals surface area contributed by atoms with Crippen LogP contribution in [0.15, 0.2) is 36.7 Å². The quantitative estimate of drug-likeness (QED) is 0.201. The van der Waals surface area contributed by atoms with Gasteiger partial charge >= 0.3 is 19.5 Å². The fourth-order valence-corrected chi connectivity index (χ4v) is 8.38. The summed E-state index contributed by atoms with van der Waals surface area (Å²) in [6.07, 6.45) is 14.1. The summed E-state index contributed by atoms with van der Waals surface area (Å²) >= 11 is 0. The van der Waals surface area contributed by atoms with Crippen LogP contribution in [-0.4, -0.2) is 96.3 Å². The van der Waals surface area contributed by atoms with Crippen LogP contribution in [0.3, 0.4) is 0 Å². The van der Waals surface area contributed by atoms with E-state index in [-0.39, 0.29) is 19.5 Å². The molecule has 51 heavy (non-hydrogen) atoms. The van der Waals surface area contributed by atoms with Crippen molar-refractivity contribution in [3.8, 4) is 0 Å². The van der Waals surface area contributed by atoms with Crippen molar-refractivity contribution in [2.45, 2.75) is 130 Å². The van der Waals surface area contributed by atoms with Gasteiger partial charge in [0.1, 0.15) is 0 Å². The van der Waals surface area contributed by atoms with Gasteiger partial charge in [-0.05, 0) is 63.3 Å². The third-order valence-corrected chi connectivity index (χ3v) is 12.1. The molecular formula is C42H68N8Ru+4. The largest absolute Gasteiger partial charge is 8.00 e. The van der Waals surface area contributed by atoms with Crippen molar-refractivity contribution in [2.75, 3.05) is 52.4 Å². The van der Waals surface area contributed by atoms with Crippen molar-refractivity contribution < 1.29 is 19.5 Å². The van der Waals surface area contributed by atoms with Gasteiger partial charge in [-0.3, -0.25) is 9.97 Å². The fourth-order valence-electron chi connectivity index (χ4n) is 8.38.